The Hall–Kier alpha value is -3.64. The number of fused-ring (bicyclic) bond motifs is 1. The lowest BCUT2D eigenvalue weighted by atomic mass is 9.94. The second kappa shape index (κ2) is 12.7. The lowest BCUT2D eigenvalue weighted by Gasteiger charge is -2.26. The minimum atomic E-state index is -0.935. The van der Waals surface area contributed by atoms with Gasteiger partial charge in [0.05, 0.1) is 16.6 Å². The van der Waals surface area contributed by atoms with Gasteiger partial charge in [-0.2, -0.15) is 0 Å². The Morgan fingerprint density at radius 1 is 0.786 bits per heavy atom. The van der Waals surface area contributed by atoms with Crippen LogP contribution in [0.4, 0.5) is 0 Å². The number of hydrogen-bond acceptors (Lipinski definition) is 3. The van der Waals surface area contributed by atoms with Gasteiger partial charge < -0.3 is 9.67 Å². The largest absolute Gasteiger partial charge is 0.478 e. The van der Waals surface area contributed by atoms with Gasteiger partial charge in [-0.3, -0.25) is 4.90 Å². The van der Waals surface area contributed by atoms with Gasteiger partial charge in [-0.25, -0.2) is 9.78 Å². The van der Waals surface area contributed by atoms with Crippen LogP contribution in [-0.4, -0.2) is 25.5 Å². The summed E-state index contributed by atoms with van der Waals surface area (Å²) in [6.07, 6.45) is 5.88. The third-order valence-electron chi connectivity index (χ3n) is 8.09. The Bertz CT molecular complexity index is 1660. The van der Waals surface area contributed by atoms with Crippen LogP contribution in [-0.2, 0) is 19.6 Å². The summed E-state index contributed by atoms with van der Waals surface area (Å²) in [4.78, 5) is 19.0. The number of aromatic nitrogens is 2. The van der Waals surface area contributed by atoms with E-state index in [1.54, 1.807) is 12.1 Å². The van der Waals surface area contributed by atoms with E-state index < -0.39 is 5.97 Å². The van der Waals surface area contributed by atoms with E-state index in [1.165, 1.54) is 24.8 Å². The number of hydrogen-bond donors (Lipinski definition) is 1. The van der Waals surface area contributed by atoms with E-state index in [0.717, 1.165) is 76.1 Å². The SMILES string of the molecule is O=C(O)c1ccc2c(c1)nc(-c1ccc(CN(Cc3cccc(Cl)c3)Cc3cccc(Cl)c3)cc1)n2C1CCCCC1. The molecular formula is C35H33Cl2N3O2. The molecule has 0 aliphatic heterocycles. The van der Waals surface area contributed by atoms with Gasteiger partial charge in [-0.15, -0.1) is 0 Å². The molecule has 0 spiro atoms. The van der Waals surface area contributed by atoms with Crippen LogP contribution in [0.3, 0.4) is 0 Å². The molecule has 4 aromatic carbocycles. The number of halogens is 2. The van der Waals surface area contributed by atoms with Crippen molar-refractivity contribution in [1.82, 2.24) is 14.5 Å². The molecule has 1 saturated carbocycles. The van der Waals surface area contributed by atoms with Gasteiger partial charge in [0.25, 0.3) is 0 Å². The highest BCUT2D eigenvalue weighted by Crippen LogP contribution is 2.36. The molecule has 5 nitrogen and oxygen atoms in total. The second-order valence-electron chi connectivity index (χ2n) is 11.2. The van der Waals surface area contributed by atoms with Crippen molar-refractivity contribution in [3.63, 3.8) is 0 Å². The first-order valence-electron chi connectivity index (χ1n) is 14.5. The molecular weight excluding hydrogens is 565 g/mol. The first-order valence-corrected chi connectivity index (χ1v) is 15.2. The van der Waals surface area contributed by atoms with Gasteiger partial charge in [0.2, 0.25) is 0 Å². The van der Waals surface area contributed by atoms with Crippen LogP contribution in [0.2, 0.25) is 10.0 Å². The number of rotatable bonds is 9. The fourth-order valence-corrected chi connectivity index (χ4v) is 6.54. The van der Waals surface area contributed by atoms with Gasteiger partial charge in [0.15, 0.2) is 0 Å². The van der Waals surface area contributed by atoms with Crippen molar-refractivity contribution < 1.29 is 9.90 Å². The summed E-state index contributed by atoms with van der Waals surface area (Å²) >= 11 is 12.6. The van der Waals surface area contributed by atoms with Crippen molar-refractivity contribution in [2.45, 2.75) is 57.8 Å². The van der Waals surface area contributed by atoms with E-state index in [9.17, 15) is 9.90 Å². The molecule has 0 radical (unpaired) electrons. The Kier molecular flexibility index (Phi) is 8.61. The number of nitrogens with zero attached hydrogens (tertiary/aromatic N) is 3. The van der Waals surface area contributed by atoms with Crippen LogP contribution in [0, 0.1) is 0 Å². The average Bonchev–Trinajstić information content (AvgIpc) is 3.37. The Labute approximate surface area is 256 Å². The van der Waals surface area contributed by atoms with E-state index >= 15 is 0 Å². The maximum Gasteiger partial charge on any atom is 0.335 e. The highest BCUT2D eigenvalue weighted by Gasteiger charge is 2.23. The van der Waals surface area contributed by atoms with Crippen molar-refractivity contribution >= 4 is 40.2 Å². The molecule has 1 aliphatic rings. The van der Waals surface area contributed by atoms with Crippen molar-refractivity contribution in [1.29, 1.82) is 0 Å². The van der Waals surface area contributed by atoms with Crippen molar-refractivity contribution in [2.75, 3.05) is 0 Å². The maximum atomic E-state index is 11.6. The number of carboxylic acids is 1. The van der Waals surface area contributed by atoms with E-state index in [-0.39, 0.29) is 5.56 Å². The smallest absolute Gasteiger partial charge is 0.335 e. The molecule has 1 aromatic heterocycles. The molecule has 6 rings (SSSR count). The molecule has 1 aliphatic carbocycles. The molecule has 0 amide bonds. The zero-order valence-electron chi connectivity index (χ0n) is 23.3. The fraction of sp³-hybridized carbons (Fsp3) is 0.257. The van der Waals surface area contributed by atoms with Gasteiger partial charge in [0.1, 0.15) is 5.82 Å². The normalized spacial score (nSPS) is 14.1. The summed E-state index contributed by atoms with van der Waals surface area (Å²) in [5.41, 5.74) is 6.53. The van der Waals surface area contributed by atoms with Gasteiger partial charge in [0, 0.05) is 41.3 Å². The maximum absolute atomic E-state index is 11.6. The zero-order chi connectivity index (χ0) is 29.1. The summed E-state index contributed by atoms with van der Waals surface area (Å²) in [7, 11) is 0. The highest BCUT2D eigenvalue weighted by molar-refractivity contribution is 6.30. The van der Waals surface area contributed by atoms with E-state index in [1.807, 2.05) is 42.5 Å². The number of carboxylic acid groups (broad SMARTS) is 1. The lowest BCUT2D eigenvalue weighted by molar-refractivity contribution is 0.0697. The van der Waals surface area contributed by atoms with Crippen LogP contribution in [0.25, 0.3) is 22.4 Å². The molecule has 42 heavy (non-hydrogen) atoms. The Morgan fingerprint density at radius 2 is 1.40 bits per heavy atom. The monoisotopic (exact) mass is 597 g/mol. The molecule has 0 atom stereocenters. The Morgan fingerprint density at radius 3 is 2.00 bits per heavy atom. The minimum absolute atomic E-state index is 0.261. The van der Waals surface area contributed by atoms with Crippen LogP contribution in [0.15, 0.2) is 91.0 Å². The molecule has 5 aromatic rings. The quantitative estimate of drug-likeness (QED) is 0.184. The molecule has 0 unspecified atom stereocenters. The lowest BCUT2D eigenvalue weighted by Crippen LogP contribution is -2.22. The number of carbonyl (C=O) groups is 1. The van der Waals surface area contributed by atoms with Crippen molar-refractivity contribution in [3.05, 3.63) is 123 Å². The van der Waals surface area contributed by atoms with Crippen molar-refractivity contribution in [3.8, 4) is 11.4 Å². The second-order valence-corrected chi connectivity index (χ2v) is 12.1. The van der Waals surface area contributed by atoms with E-state index in [0.29, 0.717) is 6.04 Å². The molecule has 0 bridgehead atoms. The molecule has 1 heterocycles. The van der Waals surface area contributed by atoms with E-state index in [2.05, 4.69) is 45.9 Å². The number of aromatic carboxylic acids is 1. The van der Waals surface area contributed by atoms with E-state index in [4.69, 9.17) is 28.2 Å². The summed E-state index contributed by atoms with van der Waals surface area (Å²) in [5, 5.41) is 11.0. The average molecular weight is 599 g/mol. The molecule has 1 N–H and O–H groups in total. The summed E-state index contributed by atoms with van der Waals surface area (Å²) in [6, 6.07) is 30.3. The third kappa shape index (κ3) is 6.54. The summed E-state index contributed by atoms with van der Waals surface area (Å²) in [5.74, 6) is -0.0316. The standard InChI is InChI=1S/C35H33Cl2N3O2/c36-29-8-4-6-25(18-29)22-39(23-26-7-5-9-30(37)19-26)21-24-12-14-27(15-13-24)34-38-32-20-28(35(41)42)16-17-33(32)40(34)31-10-2-1-3-11-31/h4-9,12-20,31H,1-3,10-11,21-23H2,(H,41,42). The van der Waals surface area contributed by atoms with Crippen molar-refractivity contribution in [2.24, 2.45) is 0 Å². The molecule has 7 heteroatoms. The zero-order valence-corrected chi connectivity index (χ0v) is 24.9. The van der Waals surface area contributed by atoms with Gasteiger partial charge >= 0.3 is 5.97 Å². The predicted molar refractivity (Wildman–Crippen MR) is 170 cm³/mol. The summed E-state index contributed by atoms with van der Waals surface area (Å²) in [6.45, 7) is 2.25. The van der Waals surface area contributed by atoms with Crippen LogP contribution < -0.4 is 0 Å². The fourth-order valence-electron chi connectivity index (χ4n) is 6.12. The topological polar surface area (TPSA) is 58.4 Å². The van der Waals surface area contributed by atoms with Crippen LogP contribution in [0.5, 0.6) is 0 Å². The Balaban J connectivity index is 1.30. The molecule has 214 valence electrons. The van der Waals surface area contributed by atoms with Crippen LogP contribution in [0.1, 0.15) is 65.2 Å². The van der Waals surface area contributed by atoms with Crippen LogP contribution >= 0.6 is 23.2 Å². The predicted octanol–water partition coefficient (Wildman–Crippen LogP) is 9.42. The first kappa shape index (κ1) is 28.5. The minimum Gasteiger partial charge on any atom is -0.478 e. The van der Waals surface area contributed by atoms with Gasteiger partial charge in [-0.05, 0) is 72.0 Å². The number of benzene rings is 4. The molecule has 0 saturated heterocycles. The number of imidazole rings is 1. The third-order valence-corrected chi connectivity index (χ3v) is 8.56. The highest BCUT2D eigenvalue weighted by atomic mass is 35.5. The van der Waals surface area contributed by atoms with Gasteiger partial charge in [-0.1, -0.05) is 91.0 Å². The molecule has 1 fully saturated rings. The first-order chi connectivity index (χ1) is 20.4. The summed E-state index contributed by atoms with van der Waals surface area (Å²) < 4.78 is 2.35.